The fraction of sp³-hybridized carbons (Fsp3) is 0.167. The predicted molar refractivity (Wildman–Crippen MR) is 127 cm³/mol. The van der Waals surface area contributed by atoms with Crippen molar-refractivity contribution in [3.63, 3.8) is 0 Å². The molecule has 1 saturated carbocycles. The van der Waals surface area contributed by atoms with Crippen molar-refractivity contribution in [2.75, 3.05) is 5.32 Å². The molecule has 0 radical (unpaired) electrons. The minimum absolute atomic E-state index is 0.0335. The molecule has 1 heterocycles. The Morgan fingerprint density at radius 1 is 1.06 bits per heavy atom. The van der Waals surface area contributed by atoms with Crippen LogP contribution in [-0.2, 0) is 15.6 Å². The van der Waals surface area contributed by atoms with Crippen LogP contribution in [-0.4, -0.2) is 23.9 Å². The molecule has 33 heavy (non-hydrogen) atoms. The number of nitrogens with two attached hydrogens (primary N) is 2. The summed E-state index contributed by atoms with van der Waals surface area (Å²) in [5.74, 6) is 0.0790. The molecule has 1 fully saturated rings. The van der Waals surface area contributed by atoms with Crippen LogP contribution in [0.1, 0.15) is 34.3 Å². The fourth-order valence-corrected chi connectivity index (χ4v) is 4.95. The van der Waals surface area contributed by atoms with E-state index in [0.717, 1.165) is 18.4 Å². The lowest BCUT2D eigenvalue weighted by molar-refractivity contribution is 0.100. The number of benzene rings is 3. The normalized spacial score (nSPS) is 14.8. The number of sulfonamides is 1. The predicted octanol–water partition coefficient (Wildman–Crippen LogP) is 3.37. The first kappa shape index (κ1) is 21.2. The fourth-order valence-electron chi connectivity index (χ4n) is 4.43. The lowest BCUT2D eigenvalue weighted by Gasteiger charge is -2.24. The van der Waals surface area contributed by atoms with Crippen molar-refractivity contribution in [2.45, 2.75) is 30.2 Å². The number of nitrogens with zero attached hydrogens (tertiary/aromatic N) is 2. The van der Waals surface area contributed by atoms with E-state index >= 15 is 0 Å². The summed E-state index contributed by atoms with van der Waals surface area (Å²) in [6.07, 6.45) is 1.89. The molecule has 8 nitrogen and oxygen atoms in total. The number of primary amides is 1. The summed E-state index contributed by atoms with van der Waals surface area (Å²) in [7, 11) is -3.78. The molecule has 0 saturated heterocycles. The molecule has 0 aliphatic heterocycles. The first-order valence-corrected chi connectivity index (χ1v) is 12.0. The van der Waals surface area contributed by atoms with E-state index in [0.29, 0.717) is 22.7 Å². The highest BCUT2D eigenvalue weighted by Crippen LogP contribution is 2.53. The molecule has 4 aromatic rings. The van der Waals surface area contributed by atoms with E-state index in [4.69, 9.17) is 15.9 Å². The van der Waals surface area contributed by atoms with Crippen LogP contribution in [0, 0.1) is 6.92 Å². The topological polar surface area (TPSA) is 133 Å². The van der Waals surface area contributed by atoms with Crippen molar-refractivity contribution in [3.8, 4) is 0 Å². The largest absolute Gasteiger partial charge is 0.366 e. The van der Waals surface area contributed by atoms with Gasteiger partial charge in [-0.15, -0.1) is 0 Å². The first-order valence-electron chi connectivity index (χ1n) is 10.5. The van der Waals surface area contributed by atoms with E-state index in [2.05, 4.69) is 28.9 Å². The molecular weight excluding hydrogens is 438 g/mol. The molecule has 1 amide bonds. The third-order valence-corrected chi connectivity index (χ3v) is 7.11. The van der Waals surface area contributed by atoms with Crippen LogP contribution >= 0.6 is 0 Å². The number of hydrogen-bond donors (Lipinski definition) is 3. The van der Waals surface area contributed by atoms with Gasteiger partial charge in [0.2, 0.25) is 21.9 Å². The Morgan fingerprint density at radius 2 is 1.76 bits per heavy atom. The number of amides is 1. The summed E-state index contributed by atoms with van der Waals surface area (Å²) in [4.78, 5) is 16.5. The van der Waals surface area contributed by atoms with E-state index in [-0.39, 0.29) is 10.4 Å². The van der Waals surface area contributed by atoms with Crippen molar-refractivity contribution in [2.24, 2.45) is 10.9 Å². The maximum absolute atomic E-state index is 11.7. The number of anilines is 2. The number of imidazole rings is 1. The summed E-state index contributed by atoms with van der Waals surface area (Å²) < 4.78 is 25.4. The zero-order valence-electron chi connectivity index (χ0n) is 17.9. The molecule has 0 atom stereocenters. The minimum atomic E-state index is -3.78. The molecule has 168 valence electrons. The van der Waals surface area contributed by atoms with Crippen LogP contribution in [0.2, 0.25) is 0 Å². The van der Waals surface area contributed by atoms with Crippen LogP contribution in [0.3, 0.4) is 0 Å². The van der Waals surface area contributed by atoms with Crippen molar-refractivity contribution in [1.29, 1.82) is 0 Å². The number of carbonyl (C=O) groups excluding carboxylic acids is 1. The van der Waals surface area contributed by atoms with Gasteiger partial charge < -0.3 is 11.1 Å². The Labute approximate surface area is 191 Å². The highest BCUT2D eigenvalue weighted by atomic mass is 32.2. The van der Waals surface area contributed by atoms with Crippen LogP contribution in [0.4, 0.5) is 11.6 Å². The molecule has 0 bridgehead atoms. The van der Waals surface area contributed by atoms with E-state index in [1.807, 2.05) is 18.2 Å². The van der Waals surface area contributed by atoms with Gasteiger partial charge in [0.25, 0.3) is 0 Å². The van der Waals surface area contributed by atoms with Gasteiger partial charge in [0, 0.05) is 11.3 Å². The molecular formula is C24H23N5O3S. The summed E-state index contributed by atoms with van der Waals surface area (Å²) in [6.45, 7) is 2.10. The Bertz CT molecular complexity index is 1500. The molecule has 0 spiro atoms. The first-order chi connectivity index (χ1) is 15.7. The lowest BCUT2D eigenvalue weighted by atomic mass is 9.98. The highest BCUT2D eigenvalue weighted by Gasteiger charge is 2.49. The standard InChI is InChI=1S/C24H23N5O3S/c1-15-4-2-3-5-19(15)24(12-13-24)29-21-11-6-16(22(25)30)14-20(21)28-23(29)27-17-7-9-18(10-8-17)33(26,31)32/h2-11,14H,12-13H2,1H3,(H2,25,30)(H,27,28)(H2,26,31,32). The number of fused-ring (bicyclic) bond motifs is 1. The van der Waals surface area contributed by atoms with Gasteiger partial charge in [-0.1, -0.05) is 24.3 Å². The second kappa shape index (κ2) is 7.43. The highest BCUT2D eigenvalue weighted by molar-refractivity contribution is 7.89. The maximum Gasteiger partial charge on any atom is 0.248 e. The molecule has 1 aromatic heterocycles. The van der Waals surface area contributed by atoms with Gasteiger partial charge >= 0.3 is 0 Å². The third kappa shape index (κ3) is 3.65. The van der Waals surface area contributed by atoms with Gasteiger partial charge in [0.05, 0.1) is 21.5 Å². The van der Waals surface area contributed by atoms with Crippen LogP contribution in [0.25, 0.3) is 11.0 Å². The van der Waals surface area contributed by atoms with E-state index < -0.39 is 15.9 Å². The van der Waals surface area contributed by atoms with Crippen molar-refractivity contribution >= 4 is 38.6 Å². The number of hydrogen-bond acceptors (Lipinski definition) is 5. The quantitative estimate of drug-likeness (QED) is 0.405. The Balaban J connectivity index is 1.67. The Kier molecular flexibility index (Phi) is 4.77. The Hall–Kier alpha value is -3.69. The molecule has 5 rings (SSSR count). The number of rotatable bonds is 6. The molecule has 5 N–H and O–H groups in total. The second-order valence-electron chi connectivity index (χ2n) is 8.38. The third-order valence-electron chi connectivity index (χ3n) is 6.18. The van der Waals surface area contributed by atoms with Gasteiger partial charge in [-0.2, -0.15) is 0 Å². The van der Waals surface area contributed by atoms with Gasteiger partial charge in [0.1, 0.15) is 0 Å². The van der Waals surface area contributed by atoms with Crippen LogP contribution in [0.15, 0.2) is 71.6 Å². The minimum Gasteiger partial charge on any atom is -0.366 e. The average Bonchev–Trinajstić information content (AvgIpc) is 3.48. The zero-order valence-corrected chi connectivity index (χ0v) is 18.8. The lowest BCUT2D eigenvalue weighted by Crippen LogP contribution is -2.21. The van der Waals surface area contributed by atoms with Crippen molar-refractivity contribution < 1.29 is 13.2 Å². The van der Waals surface area contributed by atoms with Crippen molar-refractivity contribution in [3.05, 3.63) is 83.4 Å². The number of aryl methyl sites for hydroxylation is 1. The molecule has 3 aromatic carbocycles. The number of primary sulfonamides is 1. The van der Waals surface area contributed by atoms with Gasteiger partial charge in [0.15, 0.2) is 0 Å². The molecule has 9 heteroatoms. The zero-order chi connectivity index (χ0) is 23.4. The molecule has 1 aliphatic carbocycles. The Morgan fingerprint density at radius 3 is 2.36 bits per heavy atom. The van der Waals surface area contributed by atoms with E-state index in [1.54, 1.807) is 24.3 Å². The maximum atomic E-state index is 11.7. The smallest absolute Gasteiger partial charge is 0.248 e. The number of carbonyl (C=O) groups is 1. The van der Waals surface area contributed by atoms with Crippen LogP contribution < -0.4 is 16.2 Å². The summed E-state index contributed by atoms with van der Waals surface area (Å²) in [5.41, 5.74) is 10.2. The van der Waals surface area contributed by atoms with E-state index in [9.17, 15) is 13.2 Å². The van der Waals surface area contributed by atoms with Gasteiger partial charge in [-0.05, 0) is 73.4 Å². The molecule has 0 unspecified atom stereocenters. The van der Waals surface area contributed by atoms with Gasteiger partial charge in [-0.3, -0.25) is 9.36 Å². The van der Waals surface area contributed by atoms with Crippen molar-refractivity contribution in [1.82, 2.24) is 9.55 Å². The van der Waals surface area contributed by atoms with Crippen LogP contribution in [0.5, 0.6) is 0 Å². The van der Waals surface area contributed by atoms with E-state index in [1.165, 1.54) is 23.3 Å². The summed E-state index contributed by atoms with van der Waals surface area (Å²) in [6, 6.07) is 19.7. The van der Waals surface area contributed by atoms with Gasteiger partial charge in [-0.25, -0.2) is 18.5 Å². The number of aromatic nitrogens is 2. The monoisotopic (exact) mass is 461 g/mol. The SMILES string of the molecule is Cc1ccccc1C1(n2c(Nc3ccc(S(N)(=O)=O)cc3)nc3cc(C(N)=O)ccc32)CC1. The molecule has 1 aliphatic rings. The average molecular weight is 462 g/mol. The number of nitrogens with one attached hydrogen (secondary N) is 1. The summed E-state index contributed by atoms with van der Waals surface area (Å²) in [5, 5.41) is 8.54. The summed E-state index contributed by atoms with van der Waals surface area (Å²) >= 11 is 0. The second-order valence-corrected chi connectivity index (χ2v) is 9.94.